The van der Waals surface area contributed by atoms with Gasteiger partial charge in [-0.1, -0.05) is 0 Å². The molecule has 17 heavy (non-hydrogen) atoms. The number of hydrogen-bond acceptors (Lipinski definition) is 9. The van der Waals surface area contributed by atoms with Gasteiger partial charge in [0.1, 0.15) is 31.0 Å². The fourth-order valence-electron chi connectivity index (χ4n) is 0.940. The Labute approximate surface area is 97.5 Å². The van der Waals surface area contributed by atoms with E-state index in [1.807, 2.05) is 0 Å². The molecule has 4 atom stereocenters. The van der Waals surface area contributed by atoms with Gasteiger partial charge in [0.25, 0.3) is 0 Å². The van der Waals surface area contributed by atoms with Crippen LogP contribution in [0, 0.1) is 0 Å². The third-order valence-corrected chi connectivity index (χ3v) is 2.29. The summed E-state index contributed by atoms with van der Waals surface area (Å²) in [6, 6.07) is 0. The van der Waals surface area contributed by atoms with Gasteiger partial charge in [0.05, 0.1) is 6.61 Å². The lowest BCUT2D eigenvalue weighted by atomic mass is 10.0. The number of carbonyl (C=O) groups excluding carboxylic acids is 1. The molecule has 0 unspecified atom stereocenters. The van der Waals surface area contributed by atoms with E-state index in [1.165, 1.54) is 0 Å². The Morgan fingerprint density at radius 1 is 1.12 bits per heavy atom. The van der Waals surface area contributed by atoms with Crippen molar-refractivity contribution in [2.24, 2.45) is 0 Å². The molecule has 10 heteroatoms. The van der Waals surface area contributed by atoms with Crippen molar-refractivity contribution in [2.75, 3.05) is 13.2 Å². The smallest absolute Gasteiger partial charge is 0.327 e. The number of carbonyl (C=O) groups is 1. The van der Waals surface area contributed by atoms with Crippen LogP contribution in [0.15, 0.2) is 0 Å². The van der Waals surface area contributed by atoms with E-state index in [1.54, 1.807) is 0 Å². The van der Waals surface area contributed by atoms with Crippen LogP contribution in [-0.2, 0) is 9.32 Å². The Morgan fingerprint density at radius 3 is 2.06 bits per heavy atom. The molecule has 0 bridgehead atoms. The minimum atomic E-state index is -2.73. The van der Waals surface area contributed by atoms with Crippen LogP contribution in [0.2, 0.25) is 0 Å². The van der Waals surface area contributed by atoms with Crippen LogP contribution in [0.1, 0.15) is 0 Å². The van der Waals surface area contributed by atoms with Gasteiger partial charge in [-0.15, -0.1) is 0 Å². The quantitative estimate of drug-likeness (QED) is 0.220. The average Bonchev–Trinajstić information content (AvgIpc) is 2.31. The van der Waals surface area contributed by atoms with Crippen LogP contribution in [0.5, 0.6) is 0 Å². The maximum absolute atomic E-state index is 10.8. The number of aliphatic hydroxyl groups is 5. The minimum Gasteiger partial charge on any atom is -0.388 e. The second-order valence-electron chi connectivity index (χ2n) is 3.17. The van der Waals surface area contributed by atoms with Crippen LogP contribution in [0.25, 0.3) is 0 Å². The Morgan fingerprint density at radius 2 is 1.65 bits per heavy atom. The van der Waals surface area contributed by atoms with Crippen molar-refractivity contribution in [3.05, 3.63) is 0 Å². The lowest BCUT2D eigenvalue weighted by Crippen LogP contribution is -2.49. The highest BCUT2D eigenvalue weighted by atomic mass is 31.2. The van der Waals surface area contributed by atoms with Gasteiger partial charge in [0.2, 0.25) is 0 Å². The summed E-state index contributed by atoms with van der Waals surface area (Å²) in [6.45, 7) is -1.74. The number of ketones is 1. The van der Waals surface area contributed by atoms with Crippen molar-refractivity contribution in [1.82, 2.24) is 0 Å². The van der Waals surface area contributed by atoms with E-state index in [0.29, 0.717) is 0 Å². The Bertz CT molecular complexity index is 235. The lowest BCUT2D eigenvalue weighted by molar-refractivity contribution is -0.148. The first-order chi connectivity index (χ1) is 7.81. The normalized spacial score (nSPS) is 18.8. The van der Waals surface area contributed by atoms with Gasteiger partial charge in [-0.05, 0) is 0 Å². The van der Waals surface area contributed by atoms with E-state index in [4.69, 9.17) is 20.0 Å². The zero-order chi connectivity index (χ0) is 13.6. The van der Waals surface area contributed by atoms with Crippen LogP contribution in [0.3, 0.4) is 0 Å². The van der Waals surface area contributed by atoms with Gasteiger partial charge in [0.15, 0.2) is 5.78 Å². The molecule has 7 N–H and O–H groups in total. The van der Waals surface area contributed by atoms with Crippen molar-refractivity contribution in [1.29, 1.82) is 0 Å². The van der Waals surface area contributed by atoms with E-state index in [2.05, 4.69) is 4.52 Å². The fourth-order valence-corrected chi connectivity index (χ4v) is 1.23. The summed E-state index contributed by atoms with van der Waals surface area (Å²) >= 11 is 0. The summed E-state index contributed by atoms with van der Waals surface area (Å²) in [6.07, 6.45) is -7.78. The van der Waals surface area contributed by atoms with Crippen LogP contribution in [0.4, 0.5) is 0 Å². The van der Waals surface area contributed by atoms with Gasteiger partial charge in [-0.2, -0.15) is 0 Å². The molecule has 0 spiro atoms. The molecule has 0 amide bonds. The zero-order valence-corrected chi connectivity index (χ0v) is 9.51. The first-order valence-corrected chi connectivity index (χ1v) is 5.64. The number of aliphatic hydroxyl groups excluding tert-OH is 5. The van der Waals surface area contributed by atoms with Gasteiger partial charge in [-0.3, -0.25) is 4.79 Å². The van der Waals surface area contributed by atoms with Gasteiger partial charge in [0, 0.05) is 0 Å². The van der Waals surface area contributed by atoms with Crippen molar-refractivity contribution in [2.45, 2.75) is 24.4 Å². The molecule has 0 fully saturated rings. The molecular formula is C7H15O9P. The Balaban J connectivity index is 4.27. The number of rotatable bonds is 8. The number of Topliss-reactive ketones (excluding diaryl/α,β-unsaturated/α-hetero) is 1. The van der Waals surface area contributed by atoms with Crippen molar-refractivity contribution in [3.8, 4) is 0 Å². The molecule has 0 aliphatic rings. The standard InChI is InChI=1S/C7H15O9P/c8-1-3(9)5(11)7(13)6(12)4(10)2-16-17(14)15/h4-8,10-15H,1-2H2/t4-,5-,6-,7+/m1/s1. The molecule has 0 heterocycles. The largest absolute Gasteiger partial charge is 0.388 e. The monoisotopic (exact) mass is 274 g/mol. The Kier molecular flexibility index (Phi) is 7.88. The SMILES string of the molecule is O=C(CO)[C@@H](O)[C@H](O)[C@H](O)[C@H](O)COP(O)O. The molecule has 0 aliphatic heterocycles. The predicted octanol–water partition coefficient (Wildman–Crippen LogP) is -3.78. The molecule has 0 saturated carbocycles. The maximum Gasteiger partial charge on any atom is 0.327 e. The average molecular weight is 274 g/mol. The van der Waals surface area contributed by atoms with Crippen molar-refractivity contribution >= 4 is 14.4 Å². The van der Waals surface area contributed by atoms with Gasteiger partial charge in [-0.25, -0.2) is 0 Å². The fraction of sp³-hybridized carbons (Fsp3) is 0.857. The van der Waals surface area contributed by atoms with E-state index >= 15 is 0 Å². The molecule has 0 saturated heterocycles. The van der Waals surface area contributed by atoms with Gasteiger partial charge < -0.3 is 39.8 Å². The summed E-state index contributed by atoms with van der Waals surface area (Å²) in [5.74, 6) is -1.13. The first-order valence-electron chi connectivity index (χ1n) is 4.47. The Hall–Kier alpha value is -0.220. The second-order valence-corrected chi connectivity index (χ2v) is 3.93. The van der Waals surface area contributed by atoms with E-state index in [0.717, 1.165) is 0 Å². The topological polar surface area (TPSA) is 168 Å². The molecule has 0 aromatic rings. The van der Waals surface area contributed by atoms with E-state index in [9.17, 15) is 20.1 Å². The lowest BCUT2D eigenvalue weighted by Gasteiger charge is -2.25. The number of hydrogen-bond donors (Lipinski definition) is 7. The summed E-state index contributed by atoms with van der Waals surface area (Å²) in [7, 11) is -2.73. The second kappa shape index (κ2) is 7.98. The molecule has 9 nitrogen and oxygen atoms in total. The zero-order valence-electron chi connectivity index (χ0n) is 8.62. The van der Waals surface area contributed by atoms with Gasteiger partial charge >= 0.3 is 8.60 Å². The van der Waals surface area contributed by atoms with E-state index < -0.39 is 52.0 Å². The summed E-state index contributed by atoms with van der Waals surface area (Å²) < 4.78 is 4.18. The molecule has 0 aliphatic carbocycles. The highest BCUT2D eigenvalue weighted by Crippen LogP contribution is 2.24. The maximum atomic E-state index is 10.8. The highest BCUT2D eigenvalue weighted by Gasteiger charge is 2.34. The third-order valence-electron chi connectivity index (χ3n) is 1.91. The highest BCUT2D eigenvalue weighted by molar-refractivity contribution is 7.39. The molecule has 0 radical (unpaired) electrons. The van der Waals surface area contributed by atoms with Crippen LogP contribution in [-0.4, -0.2) is 78.7 Å². The van der Waals surface area contributed by atoms with E-state index in [-0.39, 0.29) is 0 Å². The molecule has 0 rings (SSSR count). The molecule has 0 aromatic carbocycles. The minimum absolute atomic E-state index is 0.711. The van der Waals surface area contributed by atoms with Crippen LogP contribution >= 0.6 is 8.60 Å². The van der Waals surface area contributed by atoms with Crippen molar-refractivity contribution < 1.29 is 44.6 Å². The molecular weight excluding hydrogens is 259 g/mol. The third kappa shape index (κ3) is 5.77. The van der Waals surface area contributed by atoms with Crippen molar-refractivity contribution in [3.63, 3.8) is 0 Å². The summed E-state index contributed by atoms with van der Waals surface area (Å²) in [5.41, 5.74) is 0. The summed E-state index contributed by atoms with van der Waals surface area (Å²) in [4.78, 5) is 27.5. The summed E-state index contributed by atoms with van der Waals surface area (Å²) in [5, 5.41) is 45.3. The van der Waals surface area contributed by atoms with Crippen LogP contribution < -0.4 is 0 Å². The molecule has 0 aromatic heterocycles. The molecule has 102 valence electrons. The first kappa shape index (κ1) is 16.8. The predicted molar refractivity (Wildman–Crippen MR) is 53.4 cm³/mol.